The van der Waals surface area contributed by atoms with Gasteiger partial charge in [0.05, 0.1) is 12.6 Å². The molecule has 1 unspecified atom stereocenters. The van der Waals surface area contributed by atoms with Crippen LogP contribution in [0.15, 0.2) is 48.5 Å². The Balaban J connectivity index is 1.34. The molecular formula is C23H29N3O. The van der Waals surface area contributed by atoms with Crippen LogP contribution < -0.4 is 4.90 Å². The van der Waals surface area contributed by atoms with Crippen molar-refractivity contribution >= 4 is 5.69 Å². The molecule has 4 nitrogen and oxygen atoms in total. The third kappa shape index (κ3) is 3.38. The Bertz CT molecular complexity index is 785. The Morgan fingerprint density at radius 2 is 1.74 bits per heavy atom. The zero-order valence-corrected chi connectivity index (χ0v) is 16.2. The number of likely N-dealkylation sites (N-methyl/N-ethyl adjacent to an activating group) is 1. The Morgan fingerprint density at radius 1 is 0.926 bits per heavy atom. The molecule has 5 rings (SSSR count). The van der Waals surface area contributed by atoms with Crippen LogP contribution in [0.25, 0.3) is 0 Å². The minimum Gasteiger partial charge on any atom is -0.369 e. The van der Waals surface area contributed by atoms with Crippen LogP contribution >= 0.6 is 0 Å². The van der Waals surface area contributed by atoms with Crippen LogP contribution in [-0.4, -0.2) is 49.7 Å². The van der Waals surface area contributed by atoms with Crippen LogP contribution in [0.4, 0.5) is 5.69 Å². The molecule has 0 N–H and O–H groups in total. The standard InChI is InChI=1S/C23H29N3O/c1-24-11-13-25(14-12-24)20-7-8-21-19-9-10-26(23(15-19)22(21)16-20)27-17-18-5-3-2-4-6-18/h2-8,16,19,23H,9-15,17H2,1H3/t19?,23-/m1/s1. The molecule has 2 heterocycles. The average Bonchev–Trinajstić information content (AvgIpc) is 3.01. The number of hydrogen-bond donors (Lipinski definition) is 0. The summed E-state index contributed by atoms with van der Waals surface area (Å²) in [6.07, 6.45) is 2.41. The Kier molecular flexibility index (Phi) is 4.64. The lowest BCUT2D eigenvalue weighted by Crippen LogP contribution is -2.44. The van der Waals surface area contributed by atoms with Gasteiger partial charge >= 0.3 is 0 Å². The zero-order chi connectivity index (χ0) is 18.2. The number of benzene rings is 2. The van der Waals surface area contributed by atoms with Crippen LogP contribution in [0.1, 0.15) is 41.5 Å². The summed E-state index contributed by atoms with van der Waals surface area (Å²) in [6.45, 7) is 6.23. The van der Waals surface area contributed by atoms with E-state index in [0.717, 1.165) is 32.7 Å². The first-order chi connectivity index (χ1) is 13.3. The van der Waals surface area contributed by atoms with Crippen molar-refractivity contribution in [2.45, 2.75) is 31.4 Å². The van der Waals surface area contributed by atoms with Crippen LogP contribution in [0.2, 0.25) is 0 Å². The van der Waals surface area contributed by atoms with Crippen molar-refractivity contribution < 1.29 is 4.84 Å². The van der Waals surface area contributed by atoms with Crippen LogP contribution in [0, 0.1) is 0 Å². The maximum atomic E-state index is 6.27. The van der Waals surface area contributed by atoms with Gasteiger partial charge in [0.2, 0.25) is 0 Å². The SMILES string of the molecule is CN1CCN(c2ccc3c(c2)[C@H]2CC3CCN2OCc2ccccc2)CC1. The summed E-state index contributed by atoms with van der Waals surface area (Å²) in [7, 11) is 2.21. The van der Waals surface area contributed by atoms with Crippen molar-refractivity contribution in [1.29, 1.82) is 0 Å². The molecular weight excluding hydrogens is 334 g/mol. The average molecular weight is 364 g/mol. The van der Waals surface area contributed by atoms with Gasteiger partial charge in [-0.15, -0.1) is 0 Å². The number of nitrogens with zero attached hydrogens (tertiary/aromatic N) is 3. The molecule has 2 aromatic rings. The van der Waals surface area contributed by atoms with E-state index in [-0.39, 0.29) is 0 Å². The third-order valence-corrected chi connectivity index (χ3v) is 6.53. The molecule has 2 bridgehead atoms. The third-order valence-electron chi connectivity index (χ3n) is 6.53. The highest BCUT2D eigenvalue weighted by Crippen LogP contribution is 2.50. The summed E-state index contributed by atoms with van der Waals surface area (Å²) in [5, 5.41) is 2.25. The predicted octanol–water partition coefficient (Wildman–Crippen LogP) is 3.80. The first kappa shape index (κ1) is 17.2. The molecule has 4 heteroatoms. The number of hydrogen-bond acceptors (Lipinski definition) is 4. The molecule has 0 radical (unpaired) electrons. The van der Waals surface area contributed by atoms with Gasteiger partial charge < -0.3 is 9.80 Å². The van der Waals surface area contributed by atoms with Crippen molar-refractivity contribution in [2.24, 2.45) is 0 Å². The second-order valence-corrected chi connectivity index (χ2v) is 8.24. The minimum atomic E-state index is 0.412. The van der Waals surface area contributed by atoms with E-state index in [4.69, 9.17) is 4.84 Å². The molecule has 0 aromatic heterocycles. The lowest BCUT2D eigenvalue weighted by molar-refractivity contribution is -0.207. The number of piperazine rings is 1. The van der Waals surface area contributed by atoms with Gasteiger partial charge in [-0.3, -0.25) is 4.84 Å². The Hall–Kier alpha value is -1.88. The second kappa shape index (κ2) is 7.27. The van der Waals surface area contributed by atoms with Crippen LogP contribution in [0.3, 0.4) is 0 Å². The van der Waals surface area contributed by atoms with E-state index in [1.165, 1.54) is 29.7 Å². The van der Waals surface area contributed by atoms with Gasteiger partial charge in [-0.2, -0.15) is 5.06 Å². The summed E-state index contributed by atoms with van der Waals surface area (Å²) in [6, 6.07) is 18.1. The highest BCUT2D eigenvalue weighted by molar-refractivity contribution is 5.55. The first-order valence-electron chi connectivity index (χ1n) is 10.3. The van der Waals surface area contributed by atoms with E-state index in [0.29, 0.717) is 18.6 Å². The van der Waals surface area contributed by atoms with Gasteiger partial charge in [0, 0.05) is 38.4 Å². The van der Waals surface area contributed by atoms with Crippen molar-refractivity contribution in [1.82, 2.24) is 9.96 Å². The fourth-order valence-corrected chi connectivity index (χ4v) is 4.88. The van der Waals surface area contributed by atoms with Crippen molar-refractivity contribution in [3.63, 3.8) is 0 Å². The lowest BCUT2D eigenvalue weighted by atomic mass is 9.96. The quantitative estimate of drug-likeness (QED) is 0.822. The maximum Gasteiger partial charge on any atom is 0.0936 e. The minimum absolute atomic E-state index is 0.412. The molecule has 2 saturated heterocycles. The molecule has 1 aliphatic carbocycles. The Morgan fingerprint density at radius 3 is 2.56 bits per heavy atom. The largest absolute Gasteiger partial charge is 0.369 e. The number of rotatable bonds is 4. The van der Waals surface area contributed by atoms with Crippen molar-refractivity contribution in [3.8, 4) is 0 Å². The van der Waals surface area contributed by atoms with E-state index < -0.39 is 0 Å². The van der Waals surface area contributed by atoms with E-state index in [2.05, 4.69) is 70.4 Å². The van der Waals surface area contributed by atoms with Gasteiger partial charge in [0.25, 0.3) is 0 Å². The molecule has 0 spiro atoms. The number of piperidine rings is 1. The molecule has 0 saturated carbocycles. The van der Waals surface area contributed by atoms with Crippen LogP contribution in [0.5, 0.6) is 0 Å². The van der Waals surface area contributed by atoms with Gasteiger partial charge in [0.1, 0.15) is 0 Å². The topological polar surface area (TPSA) is 19.0 Å². The molecule has 3 aliphatic rings. The normalized spacial score (nSPS) is 25.6. The summed E-state index contributed by atoms with van der Waals surface area (Å²) in [5.41, 5.74) is 5.69. The van der Waals surface area contributed by atoms with Gasteiger partial charge in [0.15, 0.2) is 0 Å². The second-order valence-electron chi connectivity index (χ2n) is 8.24. The van der Waals surface area contributed by atoms with E-state index in [9.17, 15) is 0 Å². The highest BCUT2D eigenvalue weighted by Gasteiger charge is 2.39. The molecule has 0 amide bonds. The van der Waals surface area contributed by atoms with Crippen molar-refractivity contribution in [2.75, 3.05) is 44.7 Å². The molecule has 142 valence electrons. The van der Waals surface area contributed by atoms with Gasteiger partial charge in [-0.25, -0.2) is 0 Å². The summed E-state index contributed by atoms with van der Waals surface area (Å²) < 4.78 is 0. The summed E-state index contributed by atoms with van der Waals surface area (Å²) >= 11 is 0. The maximum absolute atomic E-state index is 6.27. The fraction of sp³-hybridized carbons (Fsp3) is 0.478. The first-order valence-corrected chi connectivity index (χ1v) is 10.3. The van der Waals surface area contributed by atoms with Crippen molar-refractivity contribution in [3.05, 3.63) is 65.2 Å². The fourth-order valence-electron chi connectivity index (χ4n) is 4.88. The highest BCUT2D eigenvalue weighted by atomic mass is 16.7. The van der Waals surface area contributed by atoms with Gasteiger partial charge in [-0.1, -0.05) is 36.4 Å². The number of fused-ring (bicyclic) bond motifs is 5. The number of hydroxylamine groups is 2. The van der Waals surface area contributed by atoms with Gasteiger partial charge in [-0.05, 0) is 54.6 Å². The molecule has 2 atom stereocenters. The number of anilines is 1. The summed E-state index contributed by atoms with van der Waals surface area (Å²) in [4.78, 5) is 11.2. The van der Waals surface area contributed by atoms with E-state index in [1.807, 2.05) is 0 Å². The molecule has 2 aromatic carbocycles. The van der Waals surface area contributed by atoms with E-state index >= 15 is 0 Å². The lowest BCUT2D eigenvalue weighted by Gasteiger charge is -2.35. The predicted molar refractivity (Wildman–Crippen MR) is 109 cm³/mol. The Labute approximate surface area is 162 Å². The monoisotopic (exact) mass is 363 g/mol. The van der Waals surface area contributed by atoms with E-state index in [1.54, 1.807) is 5.56 Å². The molecule has 2 aliphatic heterocycles. The van der Waals surface area contributed by atoms with Crippen LogP contribution in [-0.2, 0) is 11.4 Å². The molecule has 27 heavy (non-hydrogen) atoms. The molecule has 2 fully saturated rings. The smallest absolute Gasteiger partial charge is 0.0936 e. The zero-order valence-electron chi connectivity index (χ0n) is 16.2. The summed E-state index contributed by atoms with van der Waals surface area (Å²) in [5.74, 6) is 0.711.